The summed E-state index contributed by atoms with van der Waals surface area (Å²) < 4.78 is 5.77. The van der Waals surface area contributed by atoms with E-state index >= 15 is 0 Å². The molecule has 0 aliphatic carbocycles. The van der Waals surface area contributed by atoms with E-state index in [-0.39, 0.29) is 22.4 Å². The maximum atomic E-state index is 11.9. The molecule has 0 saturated heterocycles. The summed E-state index contributed by atoms with van der Waals surface area (Å²) in [5, 5.41) is 45.0. The second-order valence-corrected chi connectivity index (χ2v) is 9.32. The Morgan fingerprint density at radius 2 is 1.64 bits per heavy atom. The van der Waals surface area contributed by atoms with Gasteiger partial charge in [0.05, 0.1) is 18.2 Å². The predicted molar refractivity (Wildman–Crippen MR) is 147 cm³/mol. The van der Waals surface area contributed by atoms with Crippen molar-refractivity contribution < 1.29 is 30.0 Å². The first-order valence-corrected chi connectivity index (χ1v) is 12.8. The molecule has 2 atom stereocenters. The Bertz CT molecular complexity index is 1450. The number of carbonyl (C=O) groups is 1. The Kier molecular flexibility index (Phi) is 8.98. The van der Waals surface area contributed by atoms with Crippen LogP contribution in [-0.4, -0.2) is 51.1 Å². The van der Waals surface area contributed by atoms with E-state index < -0.39 is 17.7 Å². The molecular formula is C30H32N2O7. The quantitative estimate of drug-likeness (QED) is 0.143. The number of phenols is 1. The minimum Gasteiger partial charge on any atom is -0.506 e. The number of aromatic hydroxyl groups is 1. The number of aliphatic hydroxyl groups excluding tert-OH is 1. The lowest BCUT2D eigenvalue weighted by Gasteiger charge is -2.24. The standard InChI is InChI=1S/C30H32N2O7/c33-25-15-13-23(24-14-16-27(35)32-28(24)25)26(34)19-31-17-5-2-6-18-39-22-11-9-21(10-12-22)30(38,29(36)37)20-7-3-1-4-8-20/h1,3-4,7-16,26,31,33-34,38H,2,5-6,17-19H2,(H,32,35)(H,36,37)/t26-,30?/m0/s1. The summed E-state index contributed by atoms with van der Waals surface area (Å²) in [5.74, 6) is -0.807. The number of aromatic amines is 1. The number of nitrogens with one attached hydrogen (secondary N) is 2. The van der Waals surface area contributed by atoms with Crippen molar-refractivity contribution in [3.63, 3.8) is 0 Å². The van der Waals surface area contributed by atoms with Gasteiger partial charge < -0.3 is 35.5 Å². The molecule has 1 heterocycles. The van der Waals surface area contributed by atoms with Crippen LogP contribution in [-0.2, 0) is 10.4 Å². The molecule has 1 aromatic heterocycles. The van der Waals surface area contributed by atoms with Crippen molar-refractivity contribution in [1.82, 2.24) is 10.3 Å². The number of carboxylic acid groups (broad SMARTS) is 1. The van der Waals surface area contributed by atoms with Gasteiger partial charge in [0.2, 0.25) is 11.2 Å². The third-order valence-electron chi connectivity index (χ3n) is 6.64. The minimum atomic E-state index is -2.14. The largest absolute Gasteiger partial charge is 0.506 e. The molecule has 3 aromatic carbocycles. The van der Waals surface area contributed by atoms with Gasteiger partial charge in [-0.3, -0.25) is 4.79 Å². The number of aliphatic carboxylic acids is 1. The summed E-state index contributed by atoms with van der Waals surface area (Å²) >= 11 is 0. The number of aromatic nitrogens is 1. The zero-order valence-electron chi connectivity index (χ0n) is 21.3. The summed E-state index contributed by atoms with van der Waals surface area (Å²) in [5.41, 5.74) is -1.01. The first kappa shape index (κ1) is 27.8. The molecule has 9 heteroatoms. The van der Waals surface area contributed by atoms with Gasteiger partial charge in [-0.05, 0) is 66.8 Å². The number of rotatable bonds is 13. The summed E-state index contributed by atoms with van der Waals surface area (Å²) in [6.45, 7) is 1.51. The van der Waals surface area contributed by atoms with Crippen molar-refractivity contribution in [3.05, 3.63) is 106 Å². The highest BCUT2D eigenvalue weighted by atomic mass is 16.5. The molecule has 0 aliphatic rings. The second-order valence-electron chi connectivity index (χ2n) is 9.32. The lowest BCUT2D eigenvalue weighted by atomic mass is 9.86. The molecule has 0 bridgehead atoms. The average molecular weight is 533 g/mol. The Labute approximate surface area is 225 Å². The number of ether oxygens (including phenoxy) is 1. The summed E-state index contributed by atoms with van der Waals surface area (Å²) in [6.07, 6.45) is 1.79. The van der Waals surface area contributed by atoms with Gasteiger partial charge >= 0.3 is 5.97 Å². The van der Waals surface area contributed by atoms with E-state index in [0.29, 0.717) is 41.9 Å². The molecular weight excluding hydrogens is 500 g/mol. The molecule has 0 spiro atoms. The third kappa shape index (κ3) is 6.46. The number of hydrogen-bond acceptors (Lipinski definition) is 7. The number of H-pyrrole nitrogens is 1. The van der Waals surface area contributed by atoms with E-state index in [1.54, 1.807) is 66.7 Å². The Balaban J connectivity index is 1.18. The Morgan fingerprint density at radius 3 is 2.36 bits per heavy atom. The van der Waals surface area contributed by atoms with Crippen LogP contribution in [0, 0.1) is 0 Å². The number of pyridine rings is 1. The van der Waals surface area contributed by atoms with E-state index in [9.17, 15) is 30.0 Å². The fourth-order valence-corrected chi connectivity index (χ4v) is 4.50. The predicted octanol–water partition coefficient (Wildman–Crippen LogP) is 3.43. The minimum absolute atomic E-state index is 0.0428. The zero-order chi connectivity index (χ0) is 27.8. The van der Waals surface area contributed by atoms with Gasteiger partial charge in [-0.2, -0.15) is 0 Å². The molecule has 0 fully saturated rings. The van der Waals surface area contributed by atoms with Crippen molar-refractivity contribution >= 4 is 16.9 Å². The number of hydrogen-bond donors (Lipinski definition) is 6. The molecule has 1 unspecified atom stereocenters. The lowest BCUT2D eigenvalue weighted by Crippen LogP contribution is -2.36. The SMILES string of the molecule is O=C(O)C(O)(c1ccccc1)c1ccc(OCCCCCNC[C@H](O)c2ccc(O)c3[nH]c(=O)ccc23)cc1. The topological polar surface area (TPSA) is 152 Å². The van der Waals surface area contributed by atoms with Crippen LogP contribution in [0.5, 0.6) is 11.5 Å². The van der Waals surface area contributed by atoms with Crippen molar-refractivity contribution in [3.8, 4) is 11.5 Å². The van der Waals surface area contributed by atoms with E-state index in [4.69, 9.17) is 4.74 Å². The summed E-state index contributed by atoms with van der Waals surface area (Å²) in [6, 6.07) is 20.7. The van der Waals surface area contributed by atoms with Gasteiger partial charge in [0.1, 0.15) is 11.5 Å². The van der Waals surface area contributed by atoms with Crippen molar-refractivity contribution in [2.24, 2.45) is 0 Å². The second kappa shape index (κ2) is 12.6. The third-order valence-corrected chi connectivity index (χ3v) is 6.64. The van der Waals surface area contributed by atoms with Crippen LogP contribution in [0.4, 0.5) is 0 Å². The van der Waals surface area contributed by atoms with Crippen LogP contribution in [0.1, 0.15) is 42.1 Å². The average Bonchev–Trinajstić information content (AvgIpc) is 2.95. The van der Waals surface area contributed by atoms with Crippen LogP contribution >= 0.6 is 0 Å². The lowest BCUT2D eigenvalue weighted by molar-refractivity contribution is -0.155. The zero-order valence-corrected chi connectivity index (χ0v) is 21.3. The molecule has 0 aliphatic heterocycles. The van der Waals surface area contributed by atoms with Crippen LogP contribution in [0.3, 0.4) is 0 Å². The van der Waals surface area contributed by atoms with Gasteiger partial charge in [0, 0.05) is 18.0 Å². The summed E-state index contributed by atoms with van der Waals surface area (Å²) in [7, 11) is 0. The number of aliphatic hydroxyl groups is 2. The fraction of sp³-hybridized carbons (Fsp3) is 0.267. The van der Waals surface area contributed by atoms with Crippen LogP contribution in [0.15, 0.2) is 83.7 Å². The Morgan fingerprint density at radius 1 is 0.923 bits per heavy atom. The molecule has 4 rings (SSSR count). The highest BCUT2D eigenvalue weighted by Gasteiger charge is 2.40. The molecule has 39 heavy (non-hydrogen) atoms. The van der Waals surface area contributed by atoms with E-state index in [0.717, 1.165) is 19.3 Å². The van der Waals surface area contributed by atoms with Crippen molar-refractivity contribution in [1.29, 1.82) is 0 Å². The van der Waals surface area contributed by atoms with Gasteiger partial charge in [-0.15, -0.1) is 0 Å². The first-order chi connectivity index (χ1) is 18.8. The highest BCUT2D eigenvalue weighted by molar-refractivity contribution is 5.87. The first-order valence-electron chi connectivity index (χ1n) is 12.8. The normalized spacial score (nSPS) is 13.6. The van der Waals surface area contributed by atoms with Crippen LogP contribution in [0.2, 0.25) is 0 Å². The van der Waals surface area contributed by atoms with Gasteiger partial charge in [-0.1, -0.05) is 48.5 Å². The number of fused-ring (bicyclic) bond motifs is 1. The molecule has 0 saturated carbocycles. The Hall–Kier alpha value is -4.18. The van der Waals surface area contributed by atoms with Crippen LogP contribution in [0.25, 0.3) is 10.9 Å². The van der Waals surface area contributed by atoms with E-state index in [1.165, 1.54) is 12.1 Å². The van der Waals surface area contributed by atoms with Crippen molar-refractivity contribution in [2.45, 2.75) is 31.0 Å². The maximum absolute atomic E-state index is 11.9. The molecule has 0 radical (unpaired) electrons. The maximum Gasteiger partial charge on any atom is 0.345 e. The van der Waals surface area contributed by atoms with Gasteiger partial charge in [0.25, 0.3) is 0 Å². The number of carboxylic acids is 1. The fourth-order valence-electron chi connectivity index (χ4n) is 4.50. The highest BCUT2D eigenvalue weighted by Crippen LogP contribution is 2.31. The molecule has 0 amide bonds. The number of benzene rings is 3. The van der Waals surface area contributed by atoms with E-state index in [2.05, 4.69) is 10.3 Å². The van der Waals surface area contributed by atoms with Gasteiger partial charge in [-0.25, -0.2) is 4.79 Å². The molecule has 4 aromatic rings. The van der Waals surface area contributed by atoms with Crippen LogP contribution < -0.4 is 15.6 Å². The number of unbranched alkanes of at least 4 members (excludes halogenated alkanes) is 2. The van der Waals surface area contributed by atoms with Gasteiger partial charge in [0.15, 0.2) is 0 Å². The van der Waals surface area contributed by atoms with Crippen molar-refractivity contribution in [2.75, 3.05) is 19.7 Å². The number of phenolic OH excluding ortho intramolecular Hbond substituents is 1. The smallest absolute Gasteiger partial charge is 0.345 e. The van der Waals surface area contributed by atoms with E-state index in [1.807, 2.05) is 0 Å². The molecule has 204 valence electrons. The summed E-state index contributed by atoms with van der Waals surface area (Å²) in [4.78, 5) is 26.0. The molecule has 9 nitrogen and oxygen atoms in total. The monoisotopic (exact) mass is 532 g/mol. The molecule has 6 N–H and O–H groups in total.